The predicted molar refractivity (Wildman–Crippen MR) is 145 cm³/mol. The number of nitrogens with zero attached hydrogens (tertiary/aromatic N) is 3. The topological polar surface area (TPSA) is 96.2 Å². The molecule has 1 amide bonds. The highest BCUT2D eigenvalue weighted by molar-refractivity contribution is 9.10. The maximum atomic E-state index is 13.3. The second-order valence-electron chi connectivity index (χ2n) is 10.4. The number of phenols is 1. The fourth-order valence-corrected chi connectivity index (χ4v) is 8.95. The number of thiophene rings is 1. The molecule has 8 nitrogen and oxygen atoms in total. The van der Waals surface area contributed by atoms with Crippen LogP contribution in [0.15, 0.2) is 46.8 Å². The number of halogens is 1. The molecule has 2 fully saturated rings. The van der Waals surface area contributed by atoms with Gasteiger partial charge in [-0.05, 0) is 59.0 Å². The van der Waals surface area contributed by atoms with Crippen LogP contribution in [0.5, 0.6) is 11.5 Å². The number of aromatic hydroxyl groups is 1. The molecule has 5 atom stereocenters. The molecule has 0 unspecified atom stereocenters. The van der Waals surface area contributed by atoms with Crippen LogP contribution in [0.25, 0.3) is 6.08 Å². The van der Waals surface area contributed by atoms with Crippen molar-refractivity contribution in [2.24, 2.45) is 0 Å². The first-order chi connectivity index (χ1) is 17.7. The van der Waals surface area contributed by atoms with Gasteiger partial charge < -0.3 is 14.7 Å². The number of likely N-dealkylation sites (tertiary alicyclic amines) is 1. The summed E-state index contributed by atoms with van der Waals surface area (Å²) in [5, 5.41) is 25.9. The highest BCUT2D eigenvalue weighted by Gasteiger charge is 2.80. The molecule has 2 bridgehead atoms. The van der Waals surface area contributed by atoms with E-state index in [2.05, 4.69) is 27.4 Å². The van der Waals surface area contributed by atoms with Gasteiger partial charge in [0, 0.05) is 57.9 Å². The van der Waals surface area contributed by atoms with Crippen LogP contribution >= 0.6 is 27.3 Å². The third-order valence-corrected chi connectivity index (χ3v) is 10.7. The number of carbonyl (C=O) groups excluding carboxylic acids is 1. The summed E-state index contributed by atoms with van der Waals surface area (Å²) in [6, 6.07) is 4.77. The number of ether oxygens (including phenoxy) is 1. The van der Waals surface area contributed by atoms with Gasteiger partial charge in [-0.25, -0.2) is 0 Å². The first-order valence-electron chi connectivity index (χ1n) is 12.4. The van der Waals surface area contributed by atoms with Crippen molar-refractivity contribution in [1.82, 2.24) is 9.80 Å². The Hall–Kier alpha value is -2.69. The van der Waals surface area contributed by atoms with E-state index in [0.717, 1.165) is 20.5 Å². The van der Waals surface area contributed by atoms with E-state index in [0.29, 0.717) is 44.5 Å². The molecule has 1 aromatic carbocycles. The van der Waals surface area contributed by atoms with Crippen LogP contribution in [0.4, 0.5) is 0 Å². The van der Waals surface area contributed by atoms with E-state index in [4.69, 9.17) is 4.74 Å². The van der Waals surface area contributed by atoms with E-state index >= 15 is 0 Å². The molecule has 1 saturated heterocycles. The van der Waals surface area contributed by atoms with Crippen LogP contribution in [0.3, 0.4) is 0 Å². The molecule has 1 N–H and O–H groups in total. The van der Waals surface area contributed by atoms with Crippen molar-refractivity contribution < 1.29 is 19.6 Å². The summed E-state index contributed by atoms with van der Waals surface area (Å²) in [4.78, 5) is 31.2. The summed E-state index contributed by atoms with van der Waals surface area (Å²) in [6.07, 6.45) is 6.33. The van der Waals surface area contributed by atoms with Gasteiger partial charge in [0.15, 0.2) is 11.5 Å². The van der Waals surface area contributed by atoms with Crippen molar-refractivity contribution in [2.45, 2.75) is 54.8 Å². The van der Waals surface area contributed by atoms with Crippen molar-refractivity contribution in [3.8, 4) is 11.5 Å². The number of phenolic OH excluding ortho intramolecular Hbond substituents is 1. The predicted octanol–water partition coefficient (Wildman–Crippen LogP) is 4.38. The molecular weight excluding hydrogens is 558 g/mol. The lowest BCUT2D eigenvalue weighted by Gasteiger charge is -2.61. The first-order valence-corrected chi connectivity index (χ1v) is 14.1. The second kappa shape index (κ2) is 8.68. The second-order valence-corrected chi connectivity index (χ2v) is 12.3. The van der Waals surface area contributed by atoms with Crippen LogP contribution in [-0.4, -0.2) is 69.6 Å². The third kappa shape index (κ3) is 3.25. The lowest BCUT2D eigenvalue weighted by atomic mass is 9.46. The average molecular weight is 587 g/mol. The quantitative estimate of drug-likeness (QED) is 0.234. The largest absolute Gasteiger partial charge is 0.504 e. The number of hydrogen-bond donors (Lipinski definition) is 1. The fourth-order valence-electron chi connectivity index (χ4n) is 7.61. The maximum Gasteiger partial charge on any atom is 0.251 e. The Morgan fingerprint density at radius 3 is 2.97 bits per heavy atom. The minimum Gasteiger partial charge on any atom is -0.504 e. The van der Waals surface area contributed by atoms with Crippen LogP contribution in [0.1, 0.15) is 35.3 Å². The van der Waals surface area contributed by atoms with Crippen LogP contribution in [0.2, 0.25) is 0 Å². The number of likely N-dealkylation sites (N-methyl/N-ethyl adjacent to an activating group) is 1. The van der Waals surface area contributed by atoms with Gasteiger partial charge in [0.25, 0.3) is 5.54 Å². The van der Waals surface area contributed by atoms with Gasteiger partial charge in [-0.1, -0.05) is 12.1 Å². The SMILES string of the molecule is C=CCN1CC[C@]23c4c5ccc(O)c4O[C@H]2[C@@H](N(C)C(=O)/C=C/c2cc(Br)cs2)CC[C@@]3([N+](=O)[O-])[C@H]1C5. The Morgan fingerprint density at radius 2 is 2.27 bits per heavy atom. The molecule has 6 rings (SSSR count). The van der Waals surface area contributed by atoms with Crippen molar-refractivity contribution in [3.05, 3.63) is 72.9 Å². The molecule has 194 valence electrons. The lowest BCUT2D eigenvalue weighted by molar-refractivity contribution is -0.605. The highest BCUT2D eigenvalue weighted by Crippen LogP contribution is 2.66. The maximum absolute atomic E-state index is 13.3. The van der Waals surface area contributed by atoms with Gasteiger partial charge in [0.05, 0.1) is 12.1 Å². The van der Waals surface area contributed by atoms with Gasteiger partial charge in [0.1, 0.15) is 11.5 Å². The Bertz CT molecular complexity index is 1340. The Balaban J connectivity index is 1.44. The highest BCUT2D eigenvalue weighted by atomic mass is 79.9. The molecule has 1 spiro atoms. The summed E-state index contributed by atoms with van der Waals surface area (Å²) in [5.41, 5.74) is -0.428. The third-order valence-electron chi connectivity index (χ3n) is 9.05. The smallest absolute Gasteiger partial charge is 0.251 e. The standard InChI is InChI=1S/C27H28BrN3O5S/c1-3-11-30-12-10-26-23-16-4-6-20(32)24(23)36-25(26)19(8-9-27(26,31(34)35)21(30)13-16)29(2)22(33)7-5-18-14-17(28)15-37-18/h3-7,14-15,19,21,25,32H,1,8-13H2,2H3/b7-5+/t19-,21+,25-,26-,27+/m0/s1. The number of rotatable bonds is 6. The van der Waals surface area contributed by atoms with E-state index < -0.39 is 17.1 Å². The first kappa shape index (κ1) is 24.6. The molecule has 0 radical (unpaired) electrons. The van der Waals surface area contributed by atoms with Gasteiger partial charge in [-0.2, -0.15) is 0 Å². The average Bonchev–Trinajstić information content (AvgIpc) is 3.45. The number of benzene rings is 1. The summed E-state index contributed by atoms with van der Waals surface area (Å²) < 4.78 is 7.48. The lowest BCUT2D eigenvalue weighted by Crippen LogP contribution is -2.80. The fraction of sp³-hybridized carbons (Fsp3) is 0.444. The van der Waals surface area contributed by atoms with Crippen LogP contribution in [-0.2, 0) is 16.6 Å². The zero-order chi connectivity index (χ0) is 26.1. The molecule has 2 aliphatic carbocycles. The molecule has 2 aromatic rings. The van der Waals surface area contributed by atoms with Crippen molar-refractivity contribution >= 4 is 39.2 Å². The number of piperidine rings is 1. The van der Waals surface area contributed by atoms with Crippen molar-refractivity contribution in [3.63, 3.8) is 0 Å². The molecule has 3 heterocycles. The molecule has 4 aliphatic rings. The van der Waals surface area contributed by atoms with Gasteiger partial charge in [-0.3, -0.25) is 19.8 Å². The van der Waals surface area contributed by atoms with E-state index in [1.165, 1.54) is 11.3 Å². The molecular formula is C27H28BrN3O5S. The number of hydrogen-bond acceptors (Lipinski definition) is 7. The number of carbonyl (C=O) groups is 1. The number of amides is 1. The minimum absolute atomic E-state index is 0.00245. The zero-order valence-electron chi connectivity index (χ0n) is 20.4. The van der Waals surface area contributed by atoms with Crippen molar-refractivity contribution in [2.75, 3.05) is 20.1 Å². The summed E-state index contributed by atoms with van der Waals surface area (Å²) in [6.45, 7) is 5.13. The Labute approximate surface area is 227 Å². The zero-order valence-corrected chi connectivity index (χ0v) is 22.8. The van der Waals surface area contributed by atoms with E-state index in [1.54, 1.807) is 30.2 Å². The molecule has 2 aliphatic heterocycles. The van der Waals surface area contributed by atoms with Crippen molar-refractivity contribution in [1.29, 1.82) is 0 Å². The van der Waals surface area contributed by atoms with E-state index in [-0.39, 0.29) is 28.7 Å². The molecule has 10 heteroatoms. The molecule has 1 saturated carbocycles. The van der Waals surface area contributed by atoms with Gasteiger partial charge in [0.2, 0.25) is 5.91 Å². The normalized spacial score (nSPS) is 31.6. The summed E-state index contributed by atoms with van der Waals surface area (Å²) in [7, 11) is 1.75. The van der Waals surface area contributed by atoms with E-state index in [1.807, 2.05) is 23.6 Å². The van der Waals surface area contributed by atoms with Crippen LogP contribution < -0.4 is 4.74 Å². The summed E-state index contributed by atoms with van der Waals surface area (Å²) in [5.74, 6) is 0.179. The number of nitro groups is 1. The monoisotopic (exact) mass is 585 g/mol. The minimum atomic E-state index is -1.27. The molecule has 37 heavy (non-hydrogen) atoms. The van der Waals surface area contributed by atoms with Gasteiger partial charge >= 0.3 is 0 Å². The van der Waals surface area contributed by atoms with Crippen LogP contribution in [0, 0.1) is 10.1 Å². The molecule has 1 aromatic heterocycles. The van der Waals surface area contributed by atoms with E-state index in [9.17, 15) is 20.0 Å². The Morgan fingerprint density at radius 1 is 1.46 bits per heavy atom. The Kier molecular flexibility index (Phi) is 5.78. The van der Waals surface area contributed by atoms with Gasteiger partial charge in [-0.15, -0.1) is 17.9 Å². The summed E-state index contributed by atoms with van der Waals surface area (Å²) >= 11 is 4.96.